The first kappa shape index (κ1) is 12.4. The van der Waals surface area contributed by atoms with Gasteiger partial charge in [0.25, 0.3) is 0 Å². The number of nitrogens with one attached hydrogen (secondary N) is 1. The Labute approximate surface area is 114 Å². The van der Waals surface area contributed by atoms with Crippen molar-refractivity contribution in [1.29, 1.82) is 0 Å². The fourth-order valence-electron chi connectivity index (χ4n) is 2.09. The average molecular weight is 270 g/mol. The first-order valence-electron chi connectivity index (χ1n) is 6.31. The Balaban J connectivity index is 1.89. The summed E-state index contributed by atoms with van der Waals surface area (Å²) in [6, 6.07) is 7.63. The number of fused-ring (bicyclic) bond motifs is 3. The van der Waals surface area contributed by atoms with E-state index in [1.807, 2.05) is 24.3 Å². The van der Waals surface area contributed by atoms with Gasteiger partial charge in [0, 0.05) is 17.9 Å². The van der Waals surface area contributed by atoms with Crippen LogP contribution in [0.15, 0.2) is 35.0 Å². The Bertz CT molecular complexity index is 767. The number of carbonyl (C=O) groups is 1. The summed E-state index contributed by atoms with van der Waals surface area (Å²) in [5.74, 6) is -0.479. The van der Waals surface area contributed by atoms with Crippen LogP contribution in [-0.4, -0.2) is 22.5 Å². The summed E-state index contributed by atoms with van der Waals surface area (Å²) in [7, 11) is 0. The van der Waals surface area contributed by atoms with Crippen LogP contribution < -0.4 is 10.4 Å². The summed E-state index contributed by atoms with van der Waals surface area (Å²) in [4.78, 5) is 18.7. The number of aromatic nitrogens is 2. The third kappa shape index (κ3) is 2.27. The van der Waals surface area contributed by atoms with Gasteiger partial charge in [0.15, 0.2) is 11.4 Å². The monoisotopic (exact) mass is 270 g/mol. The van der Waals surface area contributed by atoms with Gasteiger partial charge in [-0.1, -0.05) is 12.1 Å². The van der Waals surface area contributed by atoms with E-state index in [0.717, 1.165) is 16.5 Å². The topological polar surface area (TPSA) is 91.1 Å². The summed E-state index contributed by atoms with van der Waals surface area (Å²) in [6.45, 7) is 0.483. The van der Waals surface area contributed by atoms with Gasteiger partial charge in [-0.2, -0.15) is 0 Å². The first-order chi connectivity index (χ1) is 9.75. The van der Waals surface area contributed by atoms with Crippen LogP contribution in [0.5, 0.6) is 0 Å². The van der Waals surface area contributed by atoms with Crippen molar-refractivity contribution >= 4 is 33.9 Å². The number of carboxylic acid groups (broad SMARTS) is 1. The van der Waals surface area contributed by atoms with Gasteiger partial charge < -0.3 is 19.6 Å². The zero-order valence-electron chi connectivity index (χ0n) is 10.6. The summed E-state index contributed by atoms with van der Waals surface area (Å²) >= 11 is 0. The lowest BCUT2D eigenvalue weighted by molar-refractivity contribution is -0.305. The van der Waals surface area contributed by atoms with Crippen LogP contribution in [0.2, 0.25) is 0 Å². The molecule has 1 aromatic carbocycles. The van der Waals surface area contributed by atoms with Gasteiger partial charge in [-0.15, -0.1) is 0 Å². The Kier molecular flexibility index (Phi) is 3.20. The molecule has 2 heterocycles. The Morgan fingerprint density at radius 3 is 3.00 bits per heavy atom. The Morgan fingerprint density at radius 2 is 2.15 bits per heavy atom. The molecule has 0 atom stereocenters. The fourth-order valence-corrected chi connectivity index (χ4v) is 2.09. The number of rotatable bonds is 5. The van der Waals surface area contributed by atoms with Gasteiger partial charge in [-0.25, -0.2) is 9.97 Å². The van der Waals surface area contributed by atoms with E-state index in [1.54, 1.807) is 0 Å². The largest absolute Gasteiger partial charge is 0.550 e. The standard InChI is InChI=1S/C14H13N3O3/c18-11(19)6-3-7-15-14-13-12(16-8-17-14)9-4-1-2-5-10(9)20-13/h1-2,4-5,8H,3,6-7H2,(H,18,19)(H,15,16,17)/p-1. The lowest BCUT2D eigenvalue weighted by Gasteiger charge is -2.05. The Hall–Kier alpha value is -2.63. The molecule has 3 rings (SSSR count). The SMILES string of the molecule is O=C([O-])CCCNc1ncnc2c1oc1ccccc12. The van der Waals surface area contributed by atoms with E-state index in [2.05, 4.69) is 15.3 Å². The predicted molar refractivity (Wildman–Crippen MR) is 72.0 cm³/mol. The van der Waals surface area contributed by atoms with Gasteiger partial charge in [0.05, 0.1) is 0 Å². The van der Waals surface area contributed by atoms with Crippen LogP contribution in [-0.2, 0) is 4.79 Å². The van der Waals surface area contributed by atoms with E-state index < -0.39 is 5.97 Å². The van der Waals surface area contributed by atoms with Crippen molar-refractivity contribution in [2.45, 2.75) is 12.8 Å². The number of nitrogens with zero attached hydrogens (tertiary/aromatic N) is 2. The molecule has 0 saturated heterocycles. The molecular formula is C14H12N3O3-. The van der Waals surface area contributed by atoms with Crippen molar-refractivity contribution < 1.29 is 14.3 Å². The van der Waals surface area contributed by atoms with Crippen LogP contribution in [0.1, 0.15) is 12.8 Å². The number of benzene rings is 1. The summed E-state index contributed by atoms with van der Waals surface area (Å²) in [5.41, 5.74) is 2.08. The maximum absolute atomic E-state index is 10.4. The molecule has 0 amide bonds. The summed E-state index contributed by atoms with van der Waals surface area (Å²) in [6.07, 6.45) is 1.95. The molecule has 3 aromatic rings. The fraction of sp³-hybridized carbons (Fsp3) is 0.214. The minimum Gasteiger partial charge on any atom is -0.550 e. The molecule has 2 aromatic heterocycles. The lowest BCUT2D eigenvalue weighted by Crippen LogP contribution is -2.22. The van der Waals surface area contributed by atoms with Crippen LogP contribution in [0.3, 0.4) is 0 Å². The second kappa shape index (κ2) is 5.16. The lowest BCUT2D eigenvalue weighted by atomic mass is 10.2. The molecule has 6 heteroatoms. The smallest absolute Gasteiger partial charge is 0.196 e. The molecule has 0 radical (unpaired) electrons. The maximum atomic E-state index is 10.4. The number of para-hydroxylation sites is 1. The van der Waals surface area contributed by atoms with Gasteiger partial charge in [0.2, 0.25) is 0 Å². The number of furan rings is 1. The highest BCUT2D eigenvalue weighted by molar-refractivity contribution is 6.05. The van der Waals surface area contributed by atoms with E-state index in [1.165, 1.54) is 6.33 Å². The molecule has 0 fully saturated rings. The van der Waals surface area contributed by atoms with Crippen molar-refractivity contribution in [3.63, 3.8) is 0 Å². The average Bonchev–Trinajstić information content (AvgIpc) is 2.83. The number of carbonyl (C=O) groups excluding carboxylic acids is 1. The van der Waals surface area contributed by atoms with Gasteiger partial charge >= 0.3 is 0 Å². The van der Waals surface area contributed by atoms with Crippen LogP contribution in [0.4, 0.5) is 5.82 Å². The number of anilines is 1. The van der Waals surface area contributed by atoms with E-state index in [-0.39, 0.29) is 6.42 Å². The number of carboxylic acids is 1. The van der Waals surface area contributed by atoms with Crippen LogP contribution in [0.25, 0.3) is 22.1 Å². The molecule has 0 bridgehead atoms. The predicted octanol–water partition coefficient (Wildman–Crippen LogP) is 1.32. The molecule has 102 valence electrons. The van der Waals surface area contributed by atoms with Crippen molar-refractivity contribution in [1.82, 2.24) is 9.97 Å². The highest BCUT2D eigenvalue weighted by Crippen LogP contribution is 2.30. The maximum Gasteiger partial charge on any atom is 0.196 e. The molecule has 0 saturated carbocycles. The van der Waals surface area contributed by atoms with Crippen molar-refractivity contribution in [2.75, 3.05) is 11.9 Å². The highest BCUT2D eigenvalue weighted by atomic mass is 16.4. The molecule has 1 N–H and O–H groups in total. The normalized spacial score (nSPS) is 11.0. The summed E-state index contributed by atoms with van der Waals surface area (Å²) < 4.78 is 5.75. The van der Waals surface area contributed by atoms with Crippen molar-refractivity contribution in [3.8, 4) is 0 Å². The molecule has 0 unspecified atom stereocenters. The second-order valence-electron chi connectivity index (χ2n) is 4.40. The molecule has 0 aliphatic rings. The van der Waals surface area contributed by atoms with Gasteiger partial charge in [0.1, 0.15) is 17.4 Å². The van der Waals surface area contributed by atoms with Crippen molar-refractivity contribution in [2.24, 2.45) is 0 Å². The van der Waals surface area contributed by atoms with Gasteiger partial charge in [-0.05, 0) is 25.0 Å². The summed E-state index contributed by atoms with van der Waals surface area (Å²) in [5, 5.41) is 14.4. The minimum absolute atomic E-state index is 0.0152. The number of hydrogen-bond donors (Lipinski definition) is 1. The Morgan fingerprint density at radius 1 is 1.30 bits per heavy atom. The van der Waals surface area contributed by atoms with Crippen molar-refractivity contribution in [3.05, 3.63) is 30.6 Å². The molecule has 6 nitrogen and oxygen atoms in total. The van der Waals surface area contributed by atoms with Crippen LogP contribution >= 0.6 is 0 Å². The van der Waals surface area contributed by atoms with E-state index >= 15 is 0 Å². The van der Waals surface area contributed by atoms with Gasteiger partial charge in [-0.3, -0.25) is 0 Å². The first-order valence-corrected chi connectivity index (χ1v) is 6.31. The van der Waals surface area contributed by atoms with E-state index in [4.69, 9.17) is 4.42 Å². The number of hydrogen-bond acceptors (Lipinski definition) is 6. The minimum atomic E-state index is -1.05. The zero-order valence-corrected chi connectivity index (χ0v) is 10.6. The molecular weight excluding hydrogens is 258 g/mol. The highest BCUT2D eigenvalue weighted by Gasteiger charge is 2.11. The molecule has 0 spiro atoms. The molecule has 0 aliphatic heterocycles. The van der Waals surface area contributed by atoms with Crippen LogP contribution in [0, 0.1) is 0 Å². The molecule has 0 aliphatic carbocycles. The number of aliphatic carboxylic acids is 1. The third-order valence-corrected chi connectivity index (χ3v) is 3.01. The quantitative estimate of drug-likeness (QED) is 0.703. The molecule has 20 heavy (non-hydrogen) atoms. The van der Waals surface area contributed by atoms with E-state index in [0.29, 0.717) is 24.4 Å². The third-order valence-electron chi connectivity index (χ3n) is 3.01. The second-order valence-corrected chi connectivity index (χ2v) is 4.40. The van der Waals surface area contributed by atoms with E-state index in [9.17, 15) is 9.90 Å². The zero-order chi connectivity index (χ0) is 13.9.